The molecule has 15 heavy (non-hydrogen) atoms. The molecule has 0 atom stereocenters. The molecule has 0 saturated heterocycles. The zero-order valence-corrected chi connectivity index (χ0v) is 7.74. The van der Waals surface area contributed by atoms with Crippen LogP contribution in [0.1, 0.15) is 10.4 Å². The lowest BCUT2D eigenvalue weighted by Crippen LogP contribution is -2.11. The highest BCUT2D eigenvalue weighted by Crippen LogP contribution is 2.28. The van der Waals surface area contributed by atoms with E-state index >= 15 is 0 Å². The predicted molar refractivity (Wildman–Crippen MR) is 55.3 cm³/mol. The van der Waals surface area contributed by atoms with E-state index in [9.17, 15) is 9.59 Å². The maximum Gasteiger partial charge on any atom is 0.349 e. The standard InChI is InChI=1S/C11H7NO3/c13-7-5-12-10-6-3-1-2-4-8(6)15-11(14)9(7)10/h1-4,12H,5H2. The summed E-state index contributed by atoms with van der Waals surface area (Å²) in [7, 11) is 0. The first-order chi connectivity index (χ1) is 7.27. The van der Waals surface area contributed by atoms with Crippen molar-refractivity contribution in [1.29, 1.82) is 0 Å². The summed E-state index contributed by atoms with van der Waals surface area (Å²) in [5.41, 5.74) is 0.697. The van der Waals surface area contributed by atoms with Crippen molar-refractivity contribution in [2.45, 2.75) is 0 Å². The lowest BCUT2D eigenvalue weighted by molar-refractivity contribution is 0.101. The van der Waals surface area contributed by atoms with Gasteiger partial charge in [0.15, 0.2) is 5.78 Å². The van der Waals surface area contributed by atoms with Crippen LogP contribution in [0.2, 0.25) is 0 Å². The molecule has 0 unspecified atom stereocenters. The third kappa shape index (κ3) is 1.01. The van der Waals surface area contributed by atoms with Gasteiger partial charge in [0.2, 0.25) is 0 Å². The number of benzene rings is 1. The molecule has 74 valence electrons. The van der Waals surface area contributed by atoms with Crippen molar-refractivity contribution < 1.29 is 9.21 Å². The van der Waals surface area contributed by atoms with Crippen molar-refractivity contribution in [3.63, 3.8) is 0 Å². The Hall–Kier alpha value is -2.10. The van der Waals surface area contributed by atoms with Gasteiger partial charge < -0.3 is 9.73 Å². The number of hydrogen-bond donors (Lipinski definition) is 1. The van der Waals surface area contributed by atoms with Gasteiger partial charge in [-0.05, 0) is 12.1 Å². The van der Waals surface area contributed by atoms with Crippen LogP contribution in [-0.4, -0.2) is 12.3 Å². The molecule has 0 bridgehead atoms. The van der Waals surface area contributed by atoms with Gasteiger partial charge in [-0.2, -0.15) is 0 Å². The smallest absolute Gasteiger partial charge is 0.349 e. The maximum absolute atomic E-state index is 11.5. The molecule has 0 radical (unpaired) electrons. The van der Waals surface area contributed by atoms with Gasteiger partial charge in [0.1, 0.15) is 11.1 Å². The van der Waals surface area contributed by atoms with Gasteiger partial charge in [-0.25, -0.2) is 4.79 Å². The molecule has 3 rings (SSSR count). The number of carbonyl (C=O) groups excluding carboxylic acids is 1. The Kier molecular flexibility index (Phi) is 1.48. The Balaban J connectivity index is 2.54. The Morgan fingerprint density at radius 2 is 2.00 bits per heavy atom. The van der Waals surface area contributed by atoms with Crippen molar-refractivity contribution in [2.75, 3.05) is 11.9 Å². The summed E-state index contributed by atoms with van der Waals surface area (Å²) in [5.74, 6) is -0.204. The molecule has 0 fully saturated rings. The number of Topliss-reactive ketones (excluding diaryl/α,β-unsaturated/α-hetero) is 1. The van der Waals surface area contributed by atoms with Crippen LogP contribution in [0.4, 0.5) is 5.69 Å². The van der Waals surface area contributed by atoms with Crippen molar-refractivity contribution in [3.05, 3.63) is 40.2 Å². The zero-order chi connectivity index (χ0) is 10.4. The Labute approximate surface area is 84.5 Å². The van der Waals surface area contributed by atoms with Crippen LogP contribution in [0, 0.1) is 0 Å². The monoisotopic (exact) mass is 201 g/mol. The fourth-order valence-electron chi connectivity index (χ4n) is 1.84. The number of ketones is 1. The zero-order valence-electron chi connectivity index (χ0n) is 7.74. The fraction of sp³-hybridized carbons (Fsp3) is 0.0909. The van der Waals surface area contributed by atoms with E-state index in [4.69, 9.17) is 4.42 Å². The molecule has 0 amide bonds. The molecule has 1 aromatic carbocycles. The minimum atomic E-state index is -0.557. The molecule has 4 nitrogen and oxygen atoms in total. The Bertz CT molecular complexity index is 627. The summed E-state index contributed by atoms with van der Waals surface area (Å²) >= 11 is 0. The van der Waals surface area contributed by atoms with Crippen molar-refractivity contribution in [1.82, 2.24) is 0 Å². The topological polar surface area (TPSA) is 59.3 Å². The summed E-state index contributed by atoms with van der Waals surface area (Å²) in [6.07, 6.45) is 0. The average molecular weight is 201 g/mol. The third-order valence-electron chi connectivity index (χ3n) is 2.52. The molecule has 2 heterocycles. The molecular weight excluding hydrogens is 194 g/mol. The highest BCUT2D eigenvalue weighted by atomic mass is 16.4. The number of carbonyl (C=O) groups is 1. The van der Waals surface area contributed by atoms with Crippen molar-refractivity contribution >= 4 is 22.4 Å². The molecule has 0 saturated carbocycles. The normalized spacial score (nSPS) is 14.0. The van der Waals surface area contributed by atoms with Crippen LogP contribution in [0.5, 0.6) is 0 Å². The summed E-state index contributed by atoms with van der Waals surface area (Å²) in [4.78, 5) is 22.9. The predicted octanol–water partition coefficient (Wildman–Crippen LogP) is 1.40. The Morgan fingerprint density at radius 3 is 2.87 bits per heavy atom. The first-order valence-corrected chi connectivity index (χ1v) is 4.60. The van der Waals surface area contributed by atoms with Gasteiger partial charge in [0.25, 0.3) is 0 Å². The molecule has 1 aliphatic rings. The van der Waals surface area contributed by atoms with Gasteiger partial charge in [0, 0.05) is 5.39 Å². The maximum atomic E-state index is 11.5. The van der Waals surface area contributed by atoms with Crippen LogP contribution in [0.25, 0.3) is 11.0 Å². The minimum Gasteiger partial charge on any atom is -0.422 e. The lowest BCUT2D eigenvalue weighted by Gasteiger charge is -2.01. The number of fused-ring (bicyclic) bond motifs is 3. The minimum absolute atomic E-state index is 0.147. The molecule has 2 aromatic rings. The summed E-state index contributed by atoms with van der Waals surface area (Å²) in [6, 6.07) is 7.16. The van der Waals surface area contributed by atoms with Crippen LogP contribution >= 0.6 is 0 Å². The first kappa shape index (κ1) is 8.23. The molecule has 0 aliphatic carbocycles. The van der Waals surface area contributed by atoms with Gasteiger partial charge in [-0.15, -0.1) is 0 Å². The van der Waals surface area contributed by atoms with E-state index in [1.165, 1.54) is 0 Å². The van der Waals surface area contributed by atoms with Gasteiger partial charge >= 0.3 is 5.63 Å². The lowest BCUT2D eigenvalue weighted by atomic mass is 10.1. The van der Waals surface area contributed by atoms with Crippen LogP contribution in [-0.2, 0) is 0 Å². The van der Waals surface area contributed by atoms with E-state index in [0.29, 0.717) is 11.3 Å². The molecule has 1 N–H and O–H groups in total. The largest absolute Gasteiger partial charge is 0.422 e. The number of para-hydroxylation sites is 1. The highest BCUT2D eigenvalue weighted by Gasteiger charge is 2.26. The molecule has 1 aliphatic heterocycles. The summed E-state index contributed by atoms with van der Waals surface area (Å²) in [6.45, 7) is 0.175. The number of nitrogens with one attached hydrogen (secondary N) is 1. The highest BCUT2D eigenvalue weighted by molar-refractivity contribution is 6.13. The van der Waals surface area contributed by atoms with E-state index in [1.54, 1.807) is 12.1 Å². The second kappa shape index (κ2) is 2.70. The number of rotatable bonds is 0. The van der Waals surface area contributed by atoms with E-state index in [0.717, 1.165) is 5.39 Å². The van der Waals surface area contributed by atoms with Crippen molar-refractivity contribution in [2.24, 2.45) is 0 Å². The average Bonchev–Trinajstić information content (AvgIpc) is 2.62. The van der Waals surface area contributed by atoms with Gasteiger partial charge in [0.05, 0.1) is 12.2 Å². The molecular formula is C11H7NO3. The summed E-state index contributed by atoms with van der Waals surface area (Å²) < 4.78 is 5.06. The first-order valence-electron chi connectivity index (χ1n) is 4.60. The third-order valence-corrected chi connectivity index (χ3v) is 2.52. The fourth-order valence-corrected chi connectivity index (χ4v) is 1.84. The van der Waals surface area contributed by atoms with Crippen LogP contribution < -0.4 is 10.9 Å². The summed E-state index contributed by atoms with van der Waals surface area (Å²) in [5, 5.41) is 3.70. The number of anilines is 1. The SMILES string of the molecule is O=C1CNc2c1c(=O)oc1ccccc21. The van der Waals surface area contributed by atoms with Gasteiger partial charge in [-0.1, -0.05) is 12.1 Å². The molecule has 0 spiro atoms. The van der Waals surface area contributed by atoms with E-state index in [1.807, 2.05) is 12.1 Å². The number of hydrogen-bond acceptors (Lipinski definition) is 4. The quantitative estimate of drug-likeness (QED) is 0.654. The van der Waals surface area contributed by atoms with Crippen molar-refractivity contribution in [3.8, 4) is 0 Å². The molecule has 1 aromatic heterocycles. The van der Waals surface area contributed by atoms with E-state index < -0.39 is 5.63 Å². The second-order valence-electron chi connectivity index (χ2n) is 3.41. The van der Waals surface area contributed by atoms with Crippen LogP contribution in [0.3, 0.4) is 0 Å². The van der Waals surface area contributed by atoms with E-state index in [-0.39, 0.29) is 17.9 Å². The van der Waals surface area contributed by atoms with Crippen LogP contribution in [0.15, 0.2) is 33.5 Å². The molecule has 4 heteroatoms. The van der Waals surface area contributed by atoms with E-state index in [2.05, 4.69) is 5.32 Å². The van der Waals surface area contributed by atoms with Gasteiger partial charge in [-0.3, -0.25) is 4.79 Å². The second-order valence-corrected chi connectivity index (χ2v) is 3.41. The Morgan fingerprint density at radius 1 is 1.20 bits per heavy atom.